The predicted octanol–water partition coefficient (Wildman–Crippen LogP) is 2.65. The van der Waals surface area contributed by atoms with Gasteiger partial charge in [-0.15, -0.1) is 0 Å². The van der Waals surface area contributed by atoms with Gasteiger partial charge in [0, 0.05) is 23.8 Å². The second-order valence-electron chi connectivity index (χ2n) is 10.1. The maximum Gasteiger partial charge on any atom is 0.202 e. The van der Waals surface area contributed by atoms with Crippen LogP contribution in [0.4, 0.5) is 0 Å². The third kappa shape index (κ3) is 4.26. The van der Waals surface area contributed by atoms with Crippen LogP contribution in [0.25, 0.3) is 11.1 Å². The number of carbonyl (C=O) groups excluding carboxylic acids is 2. The SMILES string of the molecule is O=C1c2c(O)cc(O)cc2OC(c2ccc(O)c(-c3c(O)cc4c(c3O)C(=O)C(O)C(c3ccc(O)c(O)c3)O4)c2)C1O. The standard InChI is InChI=1S/C30H22O13/c31-12-7-17(35)22-19(8-12)42-29(27(40)25(22)38)10-1-3-14(32)13(5-10)21-18(36)9-20-23(24(21)37)26(39)28(41)30(43-20)11-2-4-15(33)16(34)6-11/h1-9,27-37,40-41H. The monoisotopic (exact) mass is 590 g/mol. The molecule has 13 nitrogen and oxygen atoms in total. The fourth-order valence-corrected chi connectivity index (χ4v) is 5.28. The number of ketones is 2. The largest absolute Gasteiger partial charge is 0.508 e. The van der Waals surface area contributed by atoms with Gasteiger partial charge < -0.3 is 55.4 Å². The van der Waals surface area contributed by atoms with Crippen molar-refractivity contribution in [1.29, 1.82) is 0 Å². The van der Waals surface area contributed by atoms with Crippen LogP contribution >= 0.6 is 0 Å². The van der Waals surface area contributed by atoms with E-state index in [9.17, 15) is 55.5 Å². The van der Waals surface area contributed by atoms with Gasteiger partial charge in [0.1, 0.15) is 51.4 Å². The third-order valence-corrected chi connectivity index (χ3v) is 7.37. The van der Waals surface area contributed by atoms with Crippen LogP contribution < -0.4 is 9.47 Å². The van der Waals surface area contributed by atoms with Crippen molar-refractivity contribution in [3.8, 4) is 62.9 Å². The van der Waals surface area contributed by atoms with Gasteiger partial charge in [0.2, 0.25) is 11.6 Å². The predicted molar refractivity (Wildman–Crippen MR) is 144 cm³/mol. The van der Waals surface area contributed by atoms with Crippen LogP contribution in [0.3, 0.4) is 0 Å². The van der Waals surface area contributed by atoms with Gasteiger partial charge in [0.05, 0.1) is 5.56 Å². The topological polar surface area (TPSA) is 235 Å². The van der Waals surface area contributed by atoms with E-state index in [-0.39, 0.29) is 33.8 Å². The minimum atomic E-state index is -1.88. The minimum Gasteiger partial charge on any atom is -0.508 e. The highest BCUT2D eigenvalue weighted by molar-refractivity contribution is 6.08. The first-order valence-corrected chi connectivity index (χ1v) is 12.6. The molecule has 0 aromatic heterocycles. The summed E-state index contributed by atoms with van der Waals surface area (Å²) < 4.78 is 11.4. The number of ether oxygens (including phenoxy) is 2. The average Bonchev–Trinajstić information content (AvgIpc) is 2.94. The summed E-state index contributed by atoms with van der Waals surface area (Å²) in [5.74, 6) is -6.49. The highest BCUT2D eigenvalue weighted by Gasteiger charge is 2.42. The van der Waals surface area contributed by atoms with Crippen molar-refractivity contribution >= 4 is 11.6 Å². The first-order chi connectivity index (χ1) is 20.4. The minimum absolute atomic E-state index is 0.0634. The van der Waals surface area contributed by atoms with Gasteiger partial charge in [-0.3, -0.25) is 9.59 Å². The van der Waals surface area contributed by atoms with Crippen molar-refractivity contribution < 1.29 is 65.0 Å². The summed E-state index contributed by atoms with van der Waals surface area (Å²) in [6.07, 6.45) is -6.52. The lowest BCUT2D eigenvalue weighted by atomic mass is 9.88. The summed E-state index contributed by atoms with van der Waals surface area (Å²) >= 11 is 0. The van der Waals surface area contributed by atoms with Crippen LogP contribution in [-0.2, 0) is 0 Å². The van der Waals surface area contributed by atoms with Crippen LogP contribution in [0.2, 0.25) is 0 Å². The number of phenols is 7. The summed E-state index contributed by atoms with van der Waals surface area (Å²) in [7, 11) is 0. The van der Waals surface area contributed by atoms with E-state index in [1.165, 1.54) is 18.2 Å². The Morgan fingerprint density at radius 2 is 1.05 bits per heavy atom. The van der Waals surface area contributed by atoms with E-state index in [0.29, 0.717) is 0 Å². The molecule has 4 atom stereocenters. The molecule has 0 radical (unpaired) electrons. The highest BCUT2D eigenvalue weighted by Crippen LogP contribution is 2.51. The fraction of sp³-hybridized carbons (Fsp3) is 0.133. The number of hydrogen-bond donors (Lipinski definition) is 9. The number of fused-ring (bicyclic) bond motifs is 2. The number of aromatic hydroxyl groups is 7. The number of hydrogen-bond acceptors (Lipinski definition) is 13. The maximum atomic E-state index is 13.2. The molecule has 0 fully saturated rings. The Kier molecular flexibility index (Phi) is 6.22. The lowest BCUT2D eigenvalue weighted by Gasteiger charge is -2.31. The fourth-order valence-electron chi connectivity index (χ4n) is 5.28. The average molecular weight is 590 g/mol. The van der Waals surface area contributed by atoms with Gasteiger partial charge >= 0.3 is 0 Å². The molecule has 2 heterocycles. The summed E-state index contributed by atoms with van der Waals surface area (Å²) in [6, 6.07) is 10.0. The van der Waals surface area contributed by atoms with E-state index in [1.807, 2.05) is 0 Å². The number of rotatable bonds is 3. The van der Waals surface area contributed by atoms with Crippen LogP contribution in [0.15, 0.2) is 54.6 Å². The molecule has 9 N–H and O–H groups in total. The number of aliphatic hydroxyl groups is 2. The second-order valence-corrected chi connectivity index (χ2v) is 10.1. The van der Waals surface area contributed by atoms with Gasteiger partial charge in [0.15, 0.2) is 35.9 Å². The lowest BCUT2D eigenvalue weighted by molar-refractivity contribution is 0.0207. The van der Waals surface area contributed by atoms with Gasteiger partial charge in [-0.2, -0.15) is 0 Å². The normalized spacial score (nSPS) is 21.0. The van der Waals surface area contributed by atoms with Crippen LogP contribution in [-0.4, -0.2) is 69.7 Å². The summed E-state index contributed by atoms with van der Waals surface area (Å²) in [6.45, 7) is 0. The van der Waals surface area contributed by atoms with E-state index < -0.39 is 87.4 Å². The number of Topliss-reactive ketones (excluding diaryl/α,β-unsaturated/α-hetero) is 2. The molecule has 0 saturated heterocycles. The first-order valence-electron chi connectivity index (χ1n) is 12.6. The van der Waals surface area contributed by atoms with Gasteiger partial charge in [-0.05, 0) is 35.4 Å². The molecule has 13 heteroatoms. The molecule has 4 aromatic rings. The zero-order valence-corrected chi connectivity index (χ0v) is 21.7. The lowest BCUT2D eigenvalue weighted by Crippen LogP contribution is -2.36. The summed E-state index contributed by atoms with van der Waals surface area (Å²) in [4.78, 5) is 26.1. The van der Waals surface area contributed by atoms with Crippen LogP contribution in [0.5, 0.6) is 51.7 Å². The molecule has 0 bridgehead atoms. The molecule has 6 rings (SSSR count). The van der Waals surface area contributed by atoms with Gasteiger partial charge in [0.25, 0.3) is 0 Å². The van der Waals surface area contributed by atoms with Gasteiger partial charge in [-0.25, -0.2) is 0 Å². The Bertz CT molecular complexity index is 1850. The molecule has 2 aliphatic heterocycles. The van der Waals surface area contributed by atoms with Crippen molar-refractivity contribution in [3.05, 3.63) is 76.9 Å². The number of phenolic OH excluding ortho intramolecular Hbond substituents is 7. The Labute approximate surface area is 240 Å². The maximum absolute atomic E-state index is 13.2. The molecule has 0 spiro atoms. The Hall–Kier alpha value is -5.66. The molecule has 0 saturated carbocycles. The van der Waals surface area contributed by atoms with Crippen molar-refractivity contribution in [3.63, 3.8) is 0 Å². The Morgan fingerprint density at radius 3 is 1.67 bits per heavy atom. The molecule has 4 aromatic carbocycles. The van der Waals surface area contributed by atoms with E-state index in [2.05, 4.69) is 0 Å². The molecule has 0 amide bonds. The molecule has 0 aliphatic carbocycles. The zero-order chi connectivity index (χ0) is 30.9. The van der Waals surface area contributed by atoms with E-state index in [4.69, 9.17) is 9.47 Å². The van der Waals surface area contributed by atoms with E-state index in [0.717, 1.165) is 36.4 Å². The van der Waals surface area contributed by atoms with Crippen molar-refractivity contribution in [2.75, 3.05) is 0 Å². The third-order valence-electron chi connectivity index (χ3n) is 7.37. The Balaban J connectivity index is 1.42. The van der Waals surface area contributed by atoms with E-state index >= 15 is 0 Å². The number of aliphatic hydroxyl groups excluding tert-OH is 2. The number of carbonyl (C=O) groups is 2. The first kappa shape index (κ1) is 27.5. The smallest absolute Gasteiger partial charge is 0.202 e. The molecular weight excluding hydrogens is 568 g/mol. The van der Waals surface area contributed by atoms with Crippen molar-refractivity contribution in [2.45, 2.75) is 24.4 Å². The molecule has 2 aliphatic rings. The summed E-state index contributed by atoms with van der Waals surface area (Å²) in [5.41, 5.74) is -1.39. The van der Waals surface area contributed by atoms with Crippen LogP contribution in [0, 0.1) is 0 Å². The second kappa shape index (κ2) is 9.72. The molecule has 220 valence electrons. The highest BCUT2D eigenvalue weighted by atomic mass is 16.5. The summed E-state index contributed by atoms with van der Waals surface area (Å²) in [5, 5.41) is 93.5. The molecule has 43 heavy (non-hydrogen) atoms. The Morgan fingerprint density at radius 1 is 0.512 bits per heavy atom. The van der Waals surface area contributed by atoms with E-state index in [1.54, 1.807) is 0 Å². The van der Waals surface area contributed by atoms with Crippen LogP contribution in [0.1, 0.15) is 44.1 Å². The molecular formula is C30H22O13. The van der Waals surface area contributed by atoms with Crippen molar-refractivity contribution in [2.24, 2.45) is 0 Å². The molecule has 4 unspecified atom stereocenters. The van der Waals surface area contributed by atoms with Crippen molar-refractivity contribution in [1.82, 2.24) is 0 Å². The quantitative estimate of drug-likeness (QED) is 0.156. The number of benzene rings is 4. The zero-order valence-electron chi connectivity index (χ0n) is 21.7. The van der Waals surface area contributed by atoms with Gasteiger partial charge in [-0.1, -0.05) is 12.1 Å².